The molecule has 1 aliphatic heterocycles. The van der Waals surface area contributed by atoms with Crippen LogP contribution in [0.1, 0.15) is 18.9 Å². The fourth-order valence-corrected chi connectivity index (χ4v) is 3.75. The predicted octanol–water partition coefficient (Wildman–Crippen LogP) is 2.64. The van der Waals surface area contributed by atoms with Crippen molar-refractivity contribution in [2.75, 3.05) is 18.5 Å². The van der Waals surface area contributed by atoms with Gasteiger partial charge in [-0.05, 0) is 44.5 Å². The lowest BCUT2D eigenvalue weighted by Gasteiger charge is -2.39. The highest BCUT2D eigenvalue weighted by atomic mass is 32.2. The third-order valence-electron chi connectivity index (χ3n) is 3.37. The lowest BCUT2D eigenvalue weighted by atomic mass is 10.1. The van der Waals surface area contributed by atoms with E-state index in [1.807, 2.05) is 11.8 Å². The first-order valence-corrected chi connectivity index (χ1v) is 6.71. The molecule has 0 saturated carbocycles. The maximum atomic E-state index is 5.69. The molecule has 0 spiro atoms. The molecule has 0 radical (unpaired) electrons. The summed E-state index contributed by atoms with van der Waals surface area (Å²) in [7, 11) is 2.18. The van der Waals surface area contributed by atoms with E-state index in [9.17, 15) is 0 Å². The summed E-state index contributed by atoms with van der Waals surface area (Å²) in [4.78, 5) is 3.78. The van der Waals surface area contributed by atoms with Gasteiger partial charge >= 0.3 is 0 Å². The number of nitrogens with two attached hydrogens (primary N) is 1. The van der Waals surface area contributed by atoms with E-state index >= 15 is 0 Å². The summed E-state index contributed by atoms with van der Waals surface area (Å²) < 4.78 is 0. The molecule has 0 fully saturated rings. The van der Waals surface area contributed by atoms with Gasteiger partial charge in [-0.1, -0.05) is 6.07 Å². The van der Waals surface area contributed by atoms with Gasteiger partial charge in [-0.15, -0.1) is 11.8 Å². The van der Waals surface area contributed by atoms with Crippen molar-refractivity contribution in [3.05, 3.63) is 23.8 Å². The van der Waals surface area contributed by atoms with Crippen LogP contribution in [0.3, 0.4) is 0 Å². The molecule has 88 valence electrons. The van der Waals surface area contributed by atoms with E-state index in [0.717, 1.165) is 13.0 Å². The Kier molecular flexibility index (Phi) is 3.45. The molecule has 16 heavy (non-hydrogen) atoms. The van der Waals surface area contributed by atoms with E-state index in [1.165, 1.54) is 16.1 Å². The number of aryl methyl sites for hydroxylation is 1. The van der Waals surface area contributed by atoms with Gasteiger partial charge in [0.05, 0.1) is 5.69 Å². The normalized spacial score (nSPS) is 24.4. The Bertz CT molecular complexity index is 378. The first kappa shape index (κ1) is 11.8. The van der Waals surface area contributed by atoms with Crippen LogP contribution >= 0.6 is 11.8 Å². The van der Waals surface area contributed by atoms with Crippen LogP contribution in [-0.4, -0.2) is 24.9 Å². The van der Waals surface area contributed by atoms with Gasteiger partial charge < -0.3 is 10.6 Å². The average molecular weight is 236 g/mol. The molecule has 1 aromatic rings. The summed E-state index contributed by atoms with van der Waals surface area (Å²) in [5.41, 5.74) is 8.38. The van der Waals surface area contributed by atoms with Crippen LogP contribution in [0, 0.1) is 6.92 Å². The minimum absolute atomic E-state index is 0.559. The Morgan fingerprint density at radius 3 is 2.88 bits per heavy atom. The highest BCUT2D eigenvalue weighted by Gasteiger charge is 2.29. The number of nitrogens with zero attached hydrogens (tertiary/aromatic N) is 1. The number of fused-ring (bicyclic) bond motifs is 1. The molecule has 2 atom stereocenters. The molecule has 1 heterocycles. The van der Waals surface area contributed by atoms with Gasteiger partial charge in [0.15, 0.2) is 0 Å². The van der Waals surface area contributed by atoms with Crippen LogP contribution in [0.2, 0.25) is 0 Å². The fraction of sp³-hybridized carbons (Fsp3) is 0.538. The molecule has 0 aliphatic carbocycles. The zero-order valence-corrected chi connectivity index (χ0v) is 11.1. The number of hydrogen-bond acceptors (Lipinski definition) is 3. The molecular formula is C13H20N2S. The van der Waals surface area contributed by atoms with Crippen molar-refractivity contribution < 1.29 is 0 Å². The van der Waals surface area contributed by atoms with Crippen LogP contribution in [0.5, 0.6) is 0 Å². The molecule has 0 aromatic heterocycles. The van der Waals surface area contributed by atoms with Crippen molar-refractivity contribution in [3.63, 3.8) is 0 Å². The maximum Gasteiger partial charge on any atom is 0.0504 e. The predicted molar refractivity (Wildman–Crippen MR) is 72.4 cm³/mol. The first-order chi connectivity index (χ1) is 7.63. The van der Waals surface area contributed by atoms with Gasteiger partial charge in [0.1, 0.15) is 0 Å². The summed E-state index contributed by atoms with van der Waals surface area (Å²) in [6, 6.07) is 7.26. The van der Waals surface area contributed by atoms with Crippen LogP contribution in [0.25, 0.3) is 0 Å². The molecule has 1 aromatic carbocycles. The van der Waals surface area contributed by atoms with Crippen LogP contribution in [0.15, 0.2) is 23.1 Å². The quantitative estimate of drug-likeness (QED) is 0.856. The summed E-state index contributed by atoms with van der Waals surface area (Å²) >= 11 is 1.99. The van der Waals surface area contributed by atoms with Crippen LogP contribution in [0.4, 0.5) is 5.69 Å². The van der Waals surface area contributed by atoms with E-state index < -0.39 is 0 Å². The molecule has 2 rings (SSSR count). The zero-order valence-electron chi connectivity index (χ0n) is 10.2. The summed E-state index contributed by atoms with van der Waals surface area (Å²) in [5.74, 6) is 0. The number of anilines is 1. The summed E-state index contributed by atoms with van der Waals surface area (Å²) in [5, 5.41) is 0.615. The second-order valence-electron chi connectivity index (χ2n) is 4.56. The molecule has 3 heteroatoms. The molecule has 2 N–H and O–H groups in total. The van der Waals surface area contributed by atoms with Crippen molar-refractivity contribution in [1.82, 2.24) is 0 Å². The molecule has 1 aliphatic rings. The van der Waals surface area contributed by atoms with Gasteiger partial charge in [0.25, 0.3) is 0 Å². The molecule has 0 amide bonds. The minimum atomic E-state index is 0.559. The zero-order chi connectivity index (χ0) is 11.7. The first-order valence-electron chi connectivity index (χ1n) is 5.83. The van der Waals surface area contributed by atoms with E-state index in [2.05, 4.69) is 44.0 Å². The minimum Gasteiger partial charge on any atom is -0.370 e. The third kappa shape index (κ3) is 2.06. The molecule has 2 unspecified atom stereocenters. The van der Waals surface area contributed by atoms with Crippen molar-refractivity contribution in [2.45, 2.75) is 36.5 Å². The van der Waals surface area contributed by atoms with Crippen molar-refractivity contribution in [1.29, 1.82) is 0 Å². The number of benzene rings is 1. The Balaban J connectivity index is 2.32. The fourth-order valence-electron chi connectivity index (χ4n) is 2.20. The summed E-state index contributed by atoms with van der Waals surface area (Å²) in [6.45, 7) is 5.21. The van der Waals surface area contributed by atoms with E-state index in [4.69, 9.17) is 5.73 Å². The second kappa shape index (κ2) is 4.68. The Labute approximate surface area is 102 Å². The standard InChI is InChI=1S/C13H20N2S/c1-9-4-5-11-13(8-9)16-12(6-7-14)10(2)15(11)3/h4-5,8,10,12H,6-7,14H2,1-3H3. The molecule has 0 bridgehead atoms. The van der Waals surface area contributed by atoms with Crippen LogP contribution < -0.4 is 10.6 Å². The maximum absolute atomic E-state index is 5.69. The lowest BCUT2D eigenvalue weighted by molar-refractivity contribution is 0.604. The highest BCUT2D eigenvalue weighted by Crippen LogP contribution is 2.42. The van der Waals surface area contributed by atoms with Crippen LogP contribution in [-0.2, 0) is 0 Å². The Morgan fingerprint density at radius 2 is 2.19 bits per heavy atom. The van der Waals surface area contributed by atoms with Gasteiger partial charge in [-0.25, -0.2) is 0 Å². The largest absolute Gasteiger partial charge is 0.370 e. The van der Waals surface area contributed by atoms with E-state index in [0.29, 0.717) is 11.3 Å². The van der Waals surface area contributed by atoms with Gasteiger partial charge in [-0.3, -0.25) is 0 Å². The number of rotatable bonds is 2. The molecular weight excluding hydrogens is 216 g/mol. The molecule has 0 saturated heterocycles. The Hall–Kier alpha value is -0.670. The van der Waals surface area contributed by atoms with Gasteiger partial charge in [-0.2, -0.15) is 0 Å². The second-order valence-corrected chi connectivity index (χ2v) is 5.84. The topological polar surface area (TPSA) is 29.3 Å². The number of hydrogen-bond donors (Lipinski definition) is 1. The summed E-state index contributed by atoms with van der Waals surface area (Å²) in [6.07, 6.45) is 1.09. The molecule has 2 nitrogen and oxygen atoms in total. The van der Waals surface area contributed by atoms with Crippen molar-refractivity contribution in [3.8, 4) is 0 Å². The lowest BCUT2D eigenvalue weighted by Crippen LogP contribution is -2.41. The van der Waals surface area contributed by atoms with E-state index in [1.54, 1.807) is 0 Å². The monoisotopic (exact) mass is 236 g/mol. The smallest absolute Gasteiger partial charge is 0.0504 e. The van der Waals surface area contributed by atoms with E-state index in [-0.39, 0.29) is 0 Å². The van der Waals surface area contributed by atoms with Crippen molar-refractivity contribution in [2.24, 2.45) is 5.73 Å². The van der Waals surface area contributed by atoms with Gasteiger partial charge in [0, 0.05) is 23.2 Å². The SMILES string of the molecule is Cc1ccc2c(c1)SC(CCN)C(C)N2C. The average Bonchev–Trinajstić information content (AvgIpc) is 2.25. The van der Waals surface area contributed by atoms with Crippen molar-refractivity contribution >= 4 is 17.4 Å². The third-order valence-corrected chi connectivity index (χ3v) is 4.89. The Morgan fingerprint density at radius 1 is 1.44 bits per heavy atom. The van der Waals surface area contributed by atoms with Gasteiger partial charge in [0.2, 0.25) is 0 Å². The number of thioether (sulfide) groups is 1. The highest BCUT2D eigenvalue weighted by molar-refractivity contribution is 8.00.